The lowest BCUT2D eigenvalue weighted by Gasteiger charge is -2.00. The molecule has 0 amide bonds. The average Bonchev–Trinajstić information content (AvgIpc) is 2.61. The molecule has 1 aromatic heterocycles. The summed E-state index contributed by atoms with van der Waals surface area (Å²) in [5, 5.41) is 20.0. The minimum absolute atomic E-state index is 0.225. The Hall–Kier alpha value is -1.56. The van der Waals surface area contributed by atoms with Crippen LogP contribution in [0.15, 0.2) is 35.5 Å². The molecule has 0 aliphatic carbocycles. The smallest absolute Gasteiger partial charge is 0.151 e. The topological polar surface area (TPSA) is 63.8 Å². The predicted octanol–water partition coefficient (Wildman–Crippen LogP) is 0.934. The third-order valence-corrected chi connectivity index (χ3v) is 2.28. The number of rotatable bonds is 2. The fourth-order valence-electron chi connectivity index (χ4n) is 0.830. The molecule has 2 rings (SSSR count). The van der Waals surface area contributed by atoms with Gasteiger partial charge in [0.15, 0.2) is 6.33 Å². The number of nitrogens with zero attached hydrogens (tertiary/aromatic N) is 4. The van der Waals surface area contributed by atoms with Crippen LogP contribution in [0.5, 0.6) is 5.75 Å². The highest BCUT2D eigenvalue weighted by atomic mass is 32.2. The lowest BCUT2D eigenvalue weighted by molar-refractivity contribution is 0.462. The molecule has 13 heavy (non-hydrogen) atoms. The molecule has 0 aliphatic rings. The van der Waals surface area contributed by atoms with Gasteiger partial charge < -0.3 is 5.11 Å². The summed E-state index contributed by atoms with van der Waals surface area (Å²) in [6.07, 6.45) is 1.47. The van der Waals surface area contributed by atoms with E-state index in [0.717, 1.165) is 4.90 Å². The molecular weight excluding hydrogens is 188 g/mol. The highest BCUT2D eigenvalue weighted by Gasteiger charge is 2.01. The van der Waals surface area contributed by atoms with Gasteiger partial charge in [-0.1, -0.05) is 12.1 Å². The molecule has 0 unspecified atom stereocenters. The number of hydrogen-bond donors (Lipinski definition) is 1. The summed E-state index contributed by atoms with van der Waals surface area (Å²) in [6.45, 7) is 0. The SMILES string of the molecule is Oc1ccccc1Sn1cnnn1. The maximum Gasteiger partial charge on any atom is 0.151 e. The Morgan fingerprint density at radius 1 is 1.31 bits per heavy atom. The number of aromatic hydroxyl groups is 1. The molecule has 0 atom stereocenters. The van der Waals surface area contributed by atoms with Crippen molar-refractivity contribution in [1.82, 2.24) is 19.6 Å². The molecule has 6 heteroatoms. The molecule has 0 fully saturated rings. The van der Waals surface area contributed by atoms with Gasteiger partial charge in [0, 0.05) is 11.9 Å². The number of aromatic nitrogens is 4. The molecule has 1 N–H and O–H groups in total. The van der Waals surface area contributed by atoms with E-state index in [1.807, 2.05) is 6.07 Å². The van der Waals surface area contributed by atoms with E-state index in [4.69, 9.17) is 0 Å². The second kappa shape index (κ2) is 3.44. The number of phenolic OH excluding ortho intramolecular Hbond substituents is 1. The minimum atomic E-state index is 0.225. The van der Waals surface area contributed by atoms with Gasteiger partial charge in [0.05, 0.1) is 4.90 Å². The Morgan fingerprint density at radius 2 is 2.15 bits per heavy atom. The van der Waals surface area contributed by atoms with Gasteiger partial charge in [-0.2, -0.15) is 4.09 Å². The molecule has 0 saturated heterocycles. The largest absolute Gasteiger partial charge is 0.507 e. The third kappa shape index (κ3) is 1.78. The van der Waals surface area contributed by atoms with Crippen LogP contribution in [0.1, 0.15) is 0 Å². The zero-order valence-electron chi connectivity index (χ0n) is 6.53. The Labute approximate surface area is 78.5 Å². The van der Waals surface area contributed by atoms with Crippen LogP contribution in [-0.4, -0.2) is 24.7 Å². The van der Waals surface area contributed by atoms with E-state index in [0.29, 0.717) is 0 Å². The number of tetrazole rings is 1. The quantitative estimate of drug-likeness (QED) is 0.770. The Kier molecular flexibility index (Phi) is 2.13. The van der Waals surface area contributed by atoms with E-state index in [9.17, 15) is 5.11 Å². The van der Waals surface area contributed by atoms with E-state index in [1.165, 1.54) is 22.4 Å². The Balaban J connectivity index is 2.24. The zero-order chi connectivity index (χ0) is 9.10. The molecular formula is C7H6N4OS. The Bertz CT molecular complexity index is 389. The van der Waals surface area contributed by atoms with Gasteiger partial charge in [-0.15, -0.1) is 5.10 Å². The second-order valence-corrected chi connectivity index (χ2v) is 3.27. The zero-order valence-corrected chi connectivity index (χ0v) is 7.35. The maximum atomic E-state index is 9.41. The standard InChI is InChI=1S/C7H6N4OS/c12-6-3-1-2-4-7(6)13-11-5-8-9-10-11/h1-5,12H. The summed E-state index contributed by atoms with van der Waals surface area (Å²) in [5.41, 5.74) is 0. The number of hydrogen-bond acceptors (Lipinski definition) is 5. The van der Waals surface area contributed by atoms with Gasteiger partial charge in [-0.05, 0) is 22.6 Å². The monoisotopic (exact) mass is 194 g/mol. The number of phenols is 1. The first-order valence-electron chi connectivity index (χ1n) is 3.55. The van der Waals surface area contributed by atoms with Crippen LogP contribution in [0.4, 0.5) is 0 Å². The molecule has 0 spiro atoms. The van der Waals surface area contributed by atoms with E-state index < -0.39 is 0 Å². The lowest BCUT2D eigenvalue weighted by atomic mass is 10.3. The summed E-state index contributed by atoms with van der Waals surface area (Å²) in [4.78, 5) is 0.717. The molecule has 66 valence electrons. The van der Waals surface area contributed by atoms with Crippen LogP contribution in [0.25, 0.3) is 0 Å². The normalized spacial score (nSPS) is 10.2. The van der Waals surface area contributed by atoms with Crippen molar-refractivity contribution >= 4 is 11.9 Å². The second-order valence-electron chi connectivity index (χ2n) is 2.27. The highest BCUT2D eigenvalue weighted by Crippen LogP contribution is 2.27. The van der Waals surface area contributed by atoms with Crippen molar-refractivity contribution in [3.8, 4) is 5.75 Å². The van der Waals surface area contributed by atoms with E-state index in [-0.39, 0.29) is 5.75 Å². The molecule has 1 aromatic carbocycles. The van der Waals surface area contributed by atoms with Crippen LogP contribution >= 0.6 is 11.9 Å². The van der Waals surface area contributed by atoms with E-state index in [1.54, 1.807) is 18.2 Å². The number of benzene rings is 1. The van der Waals surface area contributed by atoms with E-state index in [2.05, 4.69) is 15.5 Å². The molecule has 0 saturated carbocycles. The van der Waals surface area contributed by atoms with Gasteiger partial charge in [0.25, 0.3) is 0 Å². The van der Waals surface area contributed by atoms with Crippen LogP contribution in [0.2, 0.25) is 0 Å². The molecule has 5 nitrogen and oxygen atoms in total. The van der Waals surface area contributed by atoms with Gasteiger partial charge in [-0.3, -0.25) is 0 Å². The van der Waals surface area contributed by atoms with Crippen LogP contribution in [0, 0.1) is 0 Å². The Morgan fingerprint density at radius 3 is 2.85 bits per heavy atom. The summed E-state index contributed by atoms with van der Waals surface area (Å²) in [5.74, 6) is 0.225. The first-order chi connectivity index (χ1) is 6.36. The van der Waals surface area contributed by atoms with Gasteiger partial charge in [0.2, 0.25) is 0 Å². The van der Waals surface area contributed by atoms with Crippen molar-refractivity contribution in [3.63, 3.8) is 0 Å². The van der Waals surface area contributed by atoms with Crippen LogP contribution in [-0.2, 0) is 0 Å². The first-order valence-corrected chi connectivity index (χ1v) is 4.33. The van der Waals surface area contributed by atoms with E-state index >= 15 is 0 Å². The van der Waals surface area contributed by atoms with Gasteiger partial charge in [0.1, 0.15) is 5.75 Å². The van der Waals surface area contributed by atoms with Crippen molar-refractivity contribution in [1.29, 1.82) is 0 Å². The first kappa shape index (κ1) is 8.06. The minimum Gasteiger partial charge on any atom is -0.507 e. The van der Waals surface area contributed by atoms with Crippen molar-refractivity contribution in [2.75, 3.05) is 0 Å². The molecule has 0 aliphatic heterocycles. The summed E-state index contributed by atoms with van der Waals surface area (Å²) < 4.78 is 1.47. The van der Waals surface area contributed by atoms with Crippen molar-refractivity contribution < 1.29 is 5.11 Å². The third-order valence-electron chi connectivity index (χ3n) is 1.39. The van der Waals surface area contributed by atoms with Crippen molar-refractivity contribution in [2.24, 2.45) is 0 Å². The molecule has 0 bridgehead atoms. The van der Waals surface area contributed by atoms with Crippen LogP contribution < -0.4 is 0 Å². The highest BCUT2D eigenvalue weighted by molar-refractivity contribution is 7.97. The van der Waals surface area contributed by atoms with Crippen LogP contribution in [0.3, 0.4) is 0 Å². The predicted molar refractivity (Wildman–Crippen MR) is 47.2 cm³/mol. The van der Waals surface area contributed by atoms with Crippen molar-refractivity contribution in [3.05, 3.63) is 30.6 Å². The number of para-hydroxylation sites is 1. The fraction of sp³-hybridized carbons (Fsp3) is 0. The molecule has 0 radical (unpaired) electrons. The lowest BCUT2D eigenvalue weighted by Crippen LogP contribution is -1.87. The summed E-state index contributed by atoms with van der Waals surface area (Å²) in [7, 11) is 0. The average molecular weight is 194 g/mol. The fourth-order valence-corrected chi connectivity index (χ4v) is 1.49. The van der Waals surface area contributed by atoms with Gasteiger partial charge >= 0.3 is 0 Å². The summed E-state index contributed by atoms with van der Waals surface area (Å²) >= 11 is 1.25. The maximum absolute atomic E-state index is 9.41. The summed E-state index contributed by atoms with van der Waals surface area (Å²) in [6, 6.07) is 7.01. The molecule has 2 aromatic rings. The molecule has 1 heterocycles. The van der Waals surface area contributed by atoms with Gasteiger partial charge in [-0.25, -0.2) is 0 Å². The van der Waals surface area contributed by atoms with Crippen molar-refractivity contribution in [2.45, 2.75) is 4.90 Å².